The molecule has 5 nitrogen and oxygen atoms in total. The molecule has 1 aliphatic carbocycles. The molecule has 5 heteroatoms. The molecule has 0 aromatic carbocycles. The lowest BCUT2D eigenvalue weighted by Gasteiger charge is -2.31. The van der Waals surface area contributed by atoms with Gasteiger partial charge in [-0.05, 0) is 44.2 Å². The summed E-state index contributed by atoms with van der Waals surface area (Å²) < 4.78 is 0. The molecule has 0 spiro atoms. The van der Waals surface area contributed by atoms with Crippen LogP contribution in [0, 0.1) is 11.8 Å². The van der Waals surface area contributed by atoms with E-state index in [1.807, 2.05) is 12.2 Å². The summed E-state index contributed by atoms with van der Waals surface area (Å²) in [6.07, 6.45) is 9.61. The van der Waals surface area contributed by atoms with E-state index in [1.165, 1.54) is 0 Å². The highest BCUT2D eigenvalue weighted by Gasteiger charge is 2.26. The van der Waals surface area contributed by atoms with Gasteiger partial charge in [-0.1, -0.05) is 12.2 Å². The zero-order valence-electron chi connectivity index (χ0n) is 10.6. The number of hydrogen-bond donors (Lipinski definition) is 3. The fourth-order valence-corrected chi connectivity index (χ4v) is 2.52. The predicted octanol–water partition coefficient (Wildman–Crippen LogP) is 0.455. The smallest absolute Gasteiger partial charge is 0.241 e. The number of nitrogens with zero attached hydrogens (tertiary/aromatic N) is 1. The molecule has 0 aromatic rings. The van der Waals surface area contributed by atoms with E-state index in [4.69, 9.17) is 11.5 Å². The van der Waals surface area contributed by atoms with Gasteiger partial charge in [0, 0.05) is 5.92 Å². The predicted molar refractivity (Wildman–Crippen MR) is 70.8 cm³/mol. The van der Waals surface area contributed by atoms with Crippen LogP contribution in [0.15, 0.2) is 24.0 Å². The second-order valence-corrected chi connectivity index (χ2v) is 5.06. The number of hydrogen-bond acceptors (Lipinski definition) is 4. The third-order valence-corrected chi connectivity index (χ3v) is 3.80. The Hall–Kier alpha value is -1.49. The molecule has 0 atom stereocenters. The Morgan fingerprint density at radius 2 is 2.11 bits per heavy atom. The second-order valence-electron chi connectivity index (χ2n) is 5.06. The van der Waals surface area contributed by atoms with Crippen molar-refractivity contribution in [2.24, 2.45) is 23.3 Å². The van der Waals surface area contributed by atoms with Crippen LogP contribution in [-0.4, -0.2) is 24.0 Å². The van der Waals surface area contributed by atoms with Crippen LogP contribution in [0.25, 0.3) is 0 Å². The van der Waals surface area contributed by atoms with Crippen LogP contribution in [0.5, 0.6) is 0 Å². The zero-order valence-corrected chi connectivity index (χ0v) is 10.6. The first-order valence-corrected chi connectivity index (χ1v) is 6.61. The van der Waals surface area contributed by atoms with E-state index >= 15 is 0 Å². The van der Waals surface area contributed by atoms with Crippen molar-refractivity contribution in [3.8, 4) is 0 Å². The Bertz CT molecular complexity index is 356. The molecule has 0 radical (unpaired) electrons. The van der Waals surface area contributed by atoms with Crippen LogP contribution >= 0.6 is 0 Å². The van der Waals surface area contributed by atoms with Crippen molar-refractivity contribution < 1.29 is 4.79 Å². The minimum Gasteiger partial charge on any atom is -0.384 e. The number of allylic oxidation sites excluding steroid dienone is 2. The number of nitrogens with two attached hydrogens (primary N) is 2. The van der Waals surface area contributed by atoms with Gasteiger partial charge in [0.05, 0.1) is 6.54 Å². The molecule has 5 N–H and O–H groups in total. The lowest BCUT2D eigenvalue weighted by atomic mass is 9.82. The molecule has 1 heterocycles. The maximum absolute atomic E-state index is 12.1. The Morgan fingerprint density at radius 3 is 2.72 bits per heavy atom. The van der Waals surface area contributed by atoms with Gasteiger partial charge >= 0.3 is 0 Å². The molecule has 0 saturated heterocycles. The summed E-state index contributed by atoms with van der Waals surface area (Å²) >= 11 is 0. The maximum atomic E-state index is 12.1. The summed E-state index contributed by atoms with van der Waals surface area (Å²) in [7, 11) is 0. The van der Waals surface area contributed by atoms with E-state index in [0.29, 0.717) is 18.3 Å². The first kappa shape index (κ1) is 13.0. The monoisotopic (exact) mass is 250 g/mol. The highest BCUT2D eigenvalue weighted by Crippen LogP contribution is 2.28. The van der Waals surface area contributed by atoms with Crippen LogP contribution in [0.1, 0.15) is 25.7 Å². The molecule has 18 heavy (non-hydrogen) atoms. The molecular weight excluding hydrogens is 228 g/mol. The summed E-state index contributed by atoms with van der Waals surface area (Å²) in [5.74, 6) is 1.36. The van der Waals surface area contributed by atoms with Crippen LogP contribution in [-0.2, 0) is 4.79 Å². The summed E-state index contributed by atoms with van der Waals surface area (Å²) in [5.41, 5.74) is 14.3. The summed E-state index contributed by atoms with van der Waals surface area (Å²) in [6.45, 7) is 1.37. The molecule has 1 saturated carbocycles. The molecule has 0 bridgehead atoms. The van der Waals surface area contributed by atoms with Crippen LogP contribution < -0.4 is 16.9 Å². The molecule has 2 aliphatic rings. The minimum absolute atomic E-state index is 0.0807. The zero-order chi connectivity index (χ0) is 13.0. The molecule has 1 fully saturated rings. The number of rotatable bonds is 3. The standard InChI is InChI=1S/C13H22N4O/c14-9-10-4-6-11(7-5-10)13(18)16-17-8-2-1-3-12(17)15/h1-3,10-11H,4-9,14-15H2,(H,16,18)/t10-,11-. The van der Waals surface area contributed by atoms with E-state index in [0.717, 1.165) is 32.2 Å². The number of nitrogens with one attached hydrogen (secondary N) is 1. The van der Waals surface area contributed by atoms with Crippen LogP contribution in [0.3, 0.4) is 0 Å². The molecular formula is C13H22N4O. The van der Waals surface area contributed by atoms with Gasteiger partial charge in [-0.15, -0.1) is 0 Å². The second kappa shape index (κ2) is 5.91. The average molecular weight is 250 g/mol. The third-order valence-electron chi connectivity index (χ3n) is 3.80. The van der Waals surface area contributed by atoms with Gasteiger partial charge in [0.15, 0.2) is 0 Å². The summed E-state index contributed by atoms with van der Waals surface area (Å²) in [4.78, 5) is 12.1. The number of carbonyl (C=O) groups is 1. The largest absolute Gasteiger partial charge is 0.384 e. The third kappa shape index (κ3) is 3.04. The van der Waals surface area contributed by atoms with Gasteiger partial charge in [0.1, 0.15) is 5.82 Å². The molecule has 2 rings (SSSR count). The fraction of sp³-hybridized carbons (Fsp3) is 0.615. The topological polar surface area (TPSA) is 84.4 Å². The van der Waals surface area contributed by atoms with Gasteiger partial charge in [-0.2, -0.15) is 0 Å². The average Bonchev–Trinajstić information content (AvgIpc) is 2.41. The number of carbonyl (C=O) groups excluding carboxylic acids is 1. The van der Waals surface area contributed by atoms with Crippen molar-refractivity contribution in [2.45, 2.75) is 25.7 Å². The molecule has 100 valence electrons. The normalized spacial score (nSPS) is 27.8. The number of hydrazine groups is 1. The van der Waals surface area contributed by atoms with Crippen LogP contribution in [0.2, 0.25) is 0 Å². The molecule has 0 aromatic heterocycles. The summed E-state index contributed by atoms with van der Waals surface area (Å²) in [6, 6.07) is 0. The highest BCUT2D eigenvalue weighted by molar-refractivity contribution is 5.78. The van der Waals surface area contributed by atoms with Crippen LogP contribution in [0.4, 0.5) is 0 Å². The Labute approximate surface area is 108 Å². The maximum Gasteiger partial charge on any atom is 0.241 e. The first-order valence-electron chi connectivity index (χ1n) is 6.61. The van der Waals surface area contributed by atoms with Gasteiger partial charge in [-0.3, -0.25) is 15.2 Å². The highest BCUT2D eigenvalue weighted by atomic mass is 16.2. The number of amides is 1. The van der Waals surface area contributed by atoms with Gasteiger partial charge in [-0.25, -0.2) is 0 Å². The fourth-order valence-electron chi connectivity index (χ4n) is 2.52. The van der Waals surface area contributed by atoms with E-state index in [-0.39, 0.29) is 11.8 Å². The van der Waals surface area contributed by atoms with E-state index in [1.54, 1.807) is 11.1 Å². The Balaban J connectivity index is 1.82. The Kier molecular flexibility index (Phi) is 4.25. The van der Waals surface area contributed by atoms with Crippen molar-refractivity contribution in [3.63, 3.8) is 0 Å². The summed E-state index contributed by atoms with van der Waals surface area (Å²) in [5, 5.41) is 1.69. The van der Waals surface area contributed by atoms with Crippen molar-refractivity contribution in [2.75, 3.05) is 13.1 Å². The van der Waals surface area contributed by atoms with E-state index < -0.39 is 0 Å². The molecule has 0 unspecified atom stereocenters. The van der Waals surface area contributed by atoms with E-state index in [2.05, 4.69) is 5.43 Å². The first-order chi connectivity index (χ1) is 8.70. The van der Waals surface area contributed by atoms with Crippen molar-refractivity contribution in [1.82, 2.24) is 10.4 Å². The van der Waals surface area contributed by atoms with Gasteiger partial charge in [0.2, 0.25) is 5.91 Å². The van der Waals surface area contributed by atoms with Crippen molar-refractivity contribution in [3.05, 3.63) is 24.0 Å². The quantitative estimate of drug-likeness (QED) is 0.679. The van der Waals surface area contributed by atoms with Crippen molar-refractivity contribution in [1.29, 1.82) is 0 Å². The van der Waals surface area contributed by atoms with E-state index in [9.17, 15) is 4.79 Å². The van der Waals surface area contributed by atoms with Gasteiger partial charge in [0.25, 0.3) is 0 Å². The minimum atomic E-state index is 0.0807. The lowest BCUT2D eigenvalue weighted by molar-refractivity contribution is -0.130. The Morgan fingerprint density at radius 1 is 1.39 bits per heavy atom. The van der Waals surface area contributed by atoms with Crippen molar-refractivity contribution >= 4 is 5.91 Å². The SMILES string of the molecule is NC[C@H]1CC[C@H](C(=O)NN2CC=CC=C2N)CC1. The lowest BCUT2D eigenvalue weighted by Crippen LogP contribution is -2.47. The molecule has 1 aliphatic heterocycles. The molecule has 1 amide bonds. The van der Waals surface area contributed by atoms with Gasteiger partial charge < -0.3 is 11.5 Å².